The van der Waals surface area contributed by atoms with Gasteiger partial charge < -0.3 is 22.3 Å². The van der Waals surface area contributed by atoms with Gasteiger partial charge in [-0.25, -0.2) is 4.57 Å². The van der Waals surface area contributed by atoms with E-state index >= 15 is 0 Å². The number of carbonyl (C=O) groups excluding carboxylic acids is 1. The average Bonchev–Trinajstić information content (AvgIpc) is 2.53. The zero-order valence-electron chi connectivity index (χ0n) is 14.8. The molecule has 23 heavy (non-hydrogen) atoms. The molecule has 0 aromatic carbocycles. The minimum absolute atomic E-state index is 0. The first-order valence-corrected chi connectivity index (χ1v) is 8.97. The summed E-state index contributed by atoms with van der Waals surface area (Å²) in [7, 11) is 1.95. The number of hydrogen-bond donors (Lipinski definition) is 1. The highest BCUT2D eigenvalue weighted by Gasteiger charge is 2.05. The molecule has 0 saturated heterocycles. The van der Waals surface area contributed by atoms with Crippen LogP contribution in [0.1, 0.15) is 81.5 Å². The lowest BCUT2D eigenvalue weighted by atomic mass is 10.1. The first-order chi connectivity index (χ1) is 10.7. The second-order valence-corrected chi connectivity index (χ2v) is 6.19. The Balaban J connectivity index is 0.00000484. The van der Waals surface area contributed by atoms with E-state index in [9.17, 15) is 4.79 Å². The molecular weight excluding hydrogens is 352 g/mol. The van der Waals surface area contributed by atoms with Crippen LogP contribution >= 0.6 is 0 Å². The monoisotopic (exact) mass is 384 g/mol. The van der Waals surface area contributed by atoms with E-state index in [1.165, 1.54) is 57.8 Å². The van der Waals surface area contributed by atoms with E-state index in [0.717, 1.165) is 18.5 Å². The van der Waals surface area contributed by atoms with Crippen LogP contribution in [0.4, 0.5) is 0 Å². The van der Waals surface area contributed by atoms with Crippen molar-refractivity contribution in [1.82, 2.24) is 5.32 Å². The zero-order valence-corrected chi connectivity index (χ0v) is 16.4. The molecule has 4 heteroatoms. The normalized spacial score (nSPS) is 10.2. The van der Waals surface area contributed by atoms with Crippen molar-refractivity contribution in [1.29, 1.82) is 0 Å². The van der Waals surface area contributed by atoms with Crippen LogP contribution in [0.3, 0.4) is 0 Å². The Morgan fingerprint density at radius 1 is 0.913 bits per heavy atom. The molecule has 0 fully saturated rings. The van der Waals surface area contributed by atoms with Gasteiger partial charge in [0.05, 0.1) is 5.56 Å². The summed E-state index contributed by atoms with van der Waals surface area (Å²) in [6.45, 7) is 3.05. The first kappa shape index (κ1) is 22.1. The number of hydrogen-bond acceptors (Lipinski definition) is 1. The number of nitrogens with zero attached hydrogens (tertiary/aromatic N) is 1. The molecule has 132 valence electrons. The summed E-state index contributed by atoms with van der Waals surface area (Å²) in [5.74, 6) is 0.0384. The molecular formula is C19H33BrN2O. The van der Waals surface area contributed by atoms with Crippen molar-refractivity contribution in [3.8, 4) is 0 Å². The number of nitrogens with one attached hydrogen (secondary N) is 1. The highest BCUT2D eigenvalue weighted by molar-refractivity contribution is 5.93. The molecule has 1 amide bonds. The fourth-order valence-corrected chi connectivity index (χ4v) is 2.57. The Morgan fingerprint density at radius 2 is 1.39 bits per heavy atom. The van der Waals surface area contributed by atoms with Gasteiger partial charge in [-0.3, -0.25) is 4.79 Å². The van der Waals surface area contributed by atoms with Crippen molar-refractivity contribution in [2.75, 3.05) is 6.54 Å². The summed E-state index contributed by atoms with van der Waals surface area (Å²) < 4.78 is 1.93. The van der Waals surface area contributed by atoms with Crippen molar-refractivity contribution in [3.63, 3.8) is 0 Å². The summed E-state index contributed by atoms with van der Waals surface area (Å²) in [4.78, 5) is 11.9. The maximum Gasteiger partial charge on any atom is 0.251 e. The molecule has 0 aliphatic carbocycles. The maximum atomic E-state index is 11.9. The molecule has 0 aliphatic heterocycles. The summed E-state index contributed by atoms with van der Waals surface area (Å²) in [6, 6.07) is 3.71. The third kappa shape index (κ3) is 11.3. The van der Waals surface area contributed by atoms with E-state index < -0.39 is 0 Å². The molecule has 0 atom stereocenters. The smallest absolute Gasteiger partial charge is 0.251 e. The van der Waals surface area contributed by atoms with Crippen LogP contribution in [0, 0.1) is 0 Å². The van der Waals surface area contributed by atoms with Crippen LogP contribution < -0.4 is 26.9 Å². The number of aryl methyl sites for hydroxylation is 1. The average molecular weight is 385 g/mol. The molecule has 0 radical (unpaired) electrons. The number of aromatic nitrogens is 1. The number of carbonyl (C=O) groups is 1. The predicted octanol–water partition coefficient (Wildman–Crippen LogP) is 1.17. The predicted molar refractivity (Wildman–Crippen MR) is 91.8 cm³/mol. The molecule has 0 spiro atoms. The van der Waals surface area contributed by atoms with Gasteiger partial charge >= 0.3 is 0 Å². The number of amides is 1. The van der Waals surface area contributed by atoms with Crippen molar-refractivity contribution >= 4 is 5.91 Å². The Kier molecular flexibility index (Phi) is 14.1. The van der Waals surface area contributed by atoms with Gasteiger partial charge in [0.15, 0.2) is 12.4 Å². The third-order valence-electron chi connectivity index (χ3n) is 4.06. The molecule has 0 unspecified atom stereocenters. The molecule has 0 aliphatic rings. The van der Waals surface area contributed by atoms with Gasteiger partial charge in [0.2, 0.25) is 0 Å². The Labute approximate surface area is 152 Å². The summed E-state index contributed by atoms with van der Waals surface area (Å²) in [5, 5.41) is 3.00. The van der Waals surface area contributed by atoms with Crippen LogP contribution in [-0.2, 0) is 7.05 Å². The molecule has 1 rings (SSSR count). The molecule has 1 aromatic rings. The van der Waals surface area contributed by atoms with Crippen LogP contribution in [0.2, 0.25) is 0 Å². The van der Waals surface area contributed by atoms with E-state index in [1.54, 1.807) is 0 Å². The van der Waals surface area contributed by atoms with Gasteiger partial charge in [-0.2, -0.15) is 0 Å². The third-order valence-corrected chi connectivity index (χ3v) is 4.06. The van der Waals surface area contributed by atoms with Crippen molar-refractivity contribution in [2.45, 2.75) is 71.1 Å². The molecule has 0 saturated carbocycles. The van der Waals surface area contributed by atoms with Gasteiger partial charge in [-0.05, 0) is 6.42 Å². The minimum atomic E-state index is 0. The van der Waals surface area contributed by atoms with Gasteiger partial charge in [0.25, 0.3) is 5.91 Å². The summed E-state index contributed by atoms with van der Waals surface area (Å²) in [5.41, 5.74) is 0.741. The topological polar surface area (TPSA) is 33.0 Å². The summed E-state index contributed by atoms with van der Waals surface area (Å²) in [6.07, 6.45) is 17.0. The maximum absolute atomic E-state index is 11.9. The van der Waals surface area contributed by atoms with Crippen LogP contribution in [0.25, 0.3) is 0 Å². The SMILES string of the molecule is CCCCCCCCCCCCNC(=O)c1cc[n+](C)cc1.[Br-]. The lowest BCUT2D eigenvalue weighted by molar-refractivity contribution is -0.671. The van der Waals surface area contributed by atoms with Crippen molar-refractivity contribution < 1.29 is 26.3 Å². The van der Waals surface area contributed by atoms with Crippen LogP contribution in [0.5, 0.6) is 0 Å². The fourth-order valence-electron chi connectivity index (χ4n) is 2.57. The molecule has 1 N–H and O–H groups in total. The first-order valence-electron chi connectivity index (χ1n) is 8.97. The Morgan fingerprint density at radius 3 is 1.91 bits per heavy atom. The van der Waals surface area contributed by atoms with Crippen molar-refractivity contribution in [2.24, 2.45) is 7.05 Å². The number of pyridine rings is 1. The molecule has 1 heterocycles. The quantitative estimate of drug-likeness (QED) is 0.425. The standard InChI is InChI=1S/C19H32N2O.BrH/c1-3-4-5-6-7-8-9-10-11-12-15-20-19(22)18-13-16-21(2)17-14-18;/h13-14,16-17H,3-12,15H2,1-2H3;1H. The molecule has 0 bridgehead atoms. The van der Waals surface area contributed by atoms with Crippen molar-refractivity contribution in [3.05, 3.63) is 30.1 Å². The molecule has 3 nitrogen and oxygen atoms in total. The lowest BCUT2D eigenvalue weighted by Gasteiger charge is -2.05. The highest BCUT2D eigenvalue weighted by atomic mass is 79.9. The van der Waals surface area contributed by atoms with Gasteiger partial charge in [0.1, 0.15) is 7.05 Å². The van der Waals surface area contributed by atoms with E-state index in [4.69, 9.17) is 0 Å². The molecule has 1 aromatic heterocycles. The minimum Gasteiger partial charge on any atom is -1.00 e. The van der Waals surface area contributed by atoms with E-state index in [0.29, 0.717) is 0 Å². The summed E-state index contributed by atoms with van der Waals surface area (Å²) >= 11 is 0. The zero-order chi connectivity index (χ0) is 16.0. The van der Waals surface area contributed by atoms with Gasteiger partial charge in [-0.15, -0.1) is 0 Å². The van der Waals surface area contributed by atoms with Gasteiger partial charge in [0, 0.05) is 18.7 Å². The van der Waals surface area contributed by atoms with Gasteiger partial charge in [-0.1, -0.05) is 64.7 Å². The number of rotatable bonds is 12. The van der Waals surface area contributed by atoms with E-state index in [-0.39, 0.29) is 22.9 Å². The number of unbranched alkanes of at least 4 members (excludes halogenated alkanes) is 9. The largest absolute Gasteiger partial charge is 1.00 e. The van der Waals surface area contributed by atoms with Crippen LogP contribution in [0.15, 0.2) is 24.5 Å². The Bertz CT molecular complexity index is 406. The van der Waals surface area contributed by atoms with E-state index in [2.05, 4.69) is 12.2 Å². The fraction of sp³-hybridized carbons (Fsp3) is 0.684. The van der Waals surface area contributed by atoms with E-state index in [1.807, 2.05) is 36.1 Å². The Hall–Kier alpha value is -0.900. The highest BCUT2D eigenvalue weighted by Crippen LogP contribution is 2.10. The second kappa shape index (κ2) is 14.7. The van der Waals surface area contributed by atoms with Crippen LogP contribution in [-0.4, -0.2) is 12.5 Å². The second-order valence-electron chi connectivity index (χ2n) is 6.19. The lowest BCUT2D eigenvalue weighted by Crippen LogP contribution is -3.00. The number of halogens is 1.